The molecule has 6 heteroatoms. The standard InChI is InChI=1S/C20H22FNO3S/c1-26-18-13-16(21)7-8-17(18)20(24)9-11-22(12-10-20)19(23)25-14-15-5-3-2-4-6-15/h2-8,13,24H,9-12,14H2,1H3. The van der Waals surface area contributed by atoms with E-state index in [1.54, 1.807) is 11.0 Å². The lowest BCUT2D eigenvalue weighted by Gasteiger charge is -2.38. The van der Waals surface area contributed by atoms with Crippen LogP contribution in [0.5, 0.6) is 0 Å². The molecule has 1 N–H and O–H groups in total. The van der Waals surface area contributed by atoms with Crippen molar-refractivity contribution in [3.63, 3.8) is 0 Å². The van der Waals surface area contributed by atoms with Crippen LogP contribution in [0, 0.1) is 5.82 Å². The molecule has 0 bridgehead atoms. The van der Waals surface area contributed by atoms with Crippen molar-refractivity contribution >= 4 is 17.9 Å². The number of rotatable bonds is 4. The largest absolute Gasteiger partial charge is 0.445 e. The van der Waals surface area contributed by atoms with Crippen LogP contribution < -0.4 is 0 Å². The second-order valence-electron chi connectivity index (χ2n) is 6.40. The monoisotopic (exact) mass is 375 g/mol. The summed E-state index contributed by atoms with van der Waals surface area (Å²) in [5.74, 6) is -0.316. The summed E-state index contributed by atoms with van der Waals surface area (Å²) in [6.45, 7) is 1.03. The Kier molecular flexibility index (Phi) is 5.84. The van der Waals surface area contributed by atoms with Gasteiger partial charge < -0.3 is 14.7 Å². The second-order valence-corrected chi connectivity index (χ2v) is 7.25. The number of halogens is 1. The number of piperidine rings is 1. The number of carbonyl (C=O) groups excluding carboxylic acids is 1. The van der Waals surface area contributed by atoms with E-state index in [2.05, 4.69) is 0 Å². The summed E-state index contributed by atoms with van der Waals surface area (Å²) in [4.78, 5) is 14.6. The zero-order valence-corrected chi connectivity index (χ0v) is 15.5. The number of nitrogens with zero attached hydrogens (tertiary/aromatic N) is 1. The quantitative estimate of drug-likeness (QED) is 0.815. The SMILES string of the molecule is CSc1cc(F)ccc1C1(O)CCN(C(=O)OCc2ccccc2)CC1. The highest BCUT2D eigenvalue weighted by Gasteiger charge is 2.37. The highest BCUT2D eigenvalue weighted by molar-refractivity contribution is 7.98. The first-order valence-corrected chi connectivity index (χ1v) is 9.76. The number of carbonyl (C=O) groups is 1. The fourth-order valence-electron chi connectivity index (χ4n) is 3.19. The van der Waals surface area contributed by atoms with Gasteiger partial charge >= 0.3 is 6.09 Å². The van der Waals surface area contributed by atoms with Gasteiger partial charge in [-0.05, 0) is 42.4 Å². The van der Waals surface area contributed by atoms with Crippen molar-refractivity contribution in [1.82, 2.24) is 4.90 Å². The van der Waals surface area contributed by atoms with Crippen LogP contribution in [0.4, 0.5) is 9.18 Å². The summed E-state index contributed by atoms with van der Waals surface area (Å²) in [6.07, 6.45) is 2.27. The molecule has 0 aromatic heterocycles. The molecule has 0 unspecified atom stereocenters. The van der Waals surface area contributed by atoms with Crippen molar-refractivity contribution in [2.75, 3.05) is 19.3 Å². The van der Waals surface area contributed by atoms with Crippen molar-refractivity contribution in [3.8, 4) is 0 Å². The minimum Gasteiger partial charge on any atom is -0.445 e. The first-order chi connectivity index (χ1) is 12.5. The van der Waals surface area contributed by atoms with Crippen LogP contribution in [0.3, 0.4) is 0 Å². The average Bonchev–Trinajstić information content (AvgIpc) is 2.67. The molecule has 1 aliphatic rings. The van der Waals surface area contributed by atoms with E-state index in [4.69, 9.17) is 4.74 Å². The minimum atomic E-state index is -1.05. The molecule has 1 saturated heterocycles. The number of amides is 1. The molecular formula is C20H22FNO3S. The normalized spacial score (nSPS) is 16.3. The molecule has 2 aromatic carbocycles. The fraction of sp³-hybridized carbons (Fsp3) is 0.350. The molecule has 0 radical (unpaired) electrons. The lowest BCUT2D eigenvalue weighted by atomic mass is 9.84. The van der Waals surface area contributed by atoms with Gasteiger partial charge in [0.05, 0.1) is 5.60 Å². The number of ether oxygens (including phenoxy) is 1. The Balaban J connectivity index is 1.60. The number of thioether (sulfide) groups is 1. The highest BCUT2D eigenvalue weighted by atomic mass is 32.2. The molecule has 1 heterocycles. The molecule has 1 aliphatic heterocycles. The minimum absolute atomic E-state index is 0.231. The maximum Gasteiger partial charge on any atom is 0.410 e. The molecule has 0 saturated carbocycles. The lowest BCUT2D eigenvalue weighted by Crippen LogP contribution is -2.45. The smallest absolute Gasteiger partial charge is 0.410 e. The van der Waals surface area contributed by atoms with E-state index in [0.717, 1.165) is 16.0 Å². The Hall–Kier alpha value is -2.05. The van der Waals surface area contributed by atoms with Gasteiger partial charge in [-0.2, -0.15) is 0 Å². The van der Waals surface area contributed by atoms with Gasteiger partial charge in [0.15, 0.2) is 0 Å². The Labute approximate surface area is 157 Å². The number of benzene rings is 2. The van der Waals surface area contributed by atoms with Gasteiger partial charge in [-0.1, -0.05) is 36.4 Å². The van der Waals surface area contributed by atoms with Gasteiger partial charge in [-0.15, -0.1) is 11.8 Å². The van der Waals surface area contributed by atoms with Crippen molar-refractivity contribution in [3.05, 3.63) is 65.5 Å². The van der Waals surface area contributed by atoms with E-state index in [0.29, 0.717) is 25.9 Å². The molecule has 1 amide bonds. The van der Waals surface area contributed by atoms with E-state index in [1.807, 2.05) is 36.6 Å². The Morgan fingerprint density at radius 3 is 2.58 bits per heavy atom. The van der Waals surface area contributed by atoms with Crippen LogP contribution in [0.25, 0.3) is 0 Å². The first-order valence-electron chi connectivity index (χ1n) is 8.54. The molecule has 0 aliphatic carbocycles. The maximum atomic E-state index is 13.5. The zero-order valence-electron chi connectivity index (χ0n) is 14.7. The van der Waals surface area contributed by atoms with Gasteiger partial charge in [0.1, 0.15) is 12.4 Å². The Bertz CT molecular complexity index is 761. The van der Waals surface area contributed by atoms with Crippen LogP contribution in [-0.4, -0.2) is 35.4 Å². The van der Waals surface area contributed by atoms with Gasteiger partial charge in [-0.25, -0.2) is 9.18 Å². The van der Waals surface area contributed by atoms with Crippen LogP contribution in [0.1, 0.15) is 24.0 Å². The maximum absolute atomic E-state index is 13.5. The topological polar surface area (TPSA) is 49.8 Å². The van der Waals surface area contributed by atoms with Gasteiger partial charge in [-0.3, -0.25) is 0 Å². The lowest BCUT2D eigenvalue weighted by molar-refractivity contribution is -0.0274. The summed E-state index contributed by atoms with van der Waals surface area (Å²) < 4.78 is 18.8. The van der Waals surface area contributed by atoms with Crippen LogP contribution in [0.2, 0.25) is 0 Å². The molecular weight excluding hydrogens is 353 g/mol. The summed E-state index contributed by atoms with van der Waals surface area (Å²) in [7, 11) is 0. The molecule has 138 valence electrons. The molecule has 26 heavy (non-hydrogen) atoms. The van der Waals surface area contributed by atoms with E-state index in [9.17, 15) is 14.3 Å². The molecule has 2 aromatic rings. The predicted molar refractivity (Wildman–Crippen MR) is 99.5 cm³/mol. The van der Waals surface area contributed by atoms with Crippen LogP contribution >= 0.6 is 11.8 Å². The van der Waals surface area contributed by atoms with Gasteiger partial charge in [0, 0.05) is 18.0 Å². The number of hydrogen-bond acceptors (Lipinski definition) is 4. The van der Waals surface area contributed by atoms with Gasteiger partial charge in [0.2, 0.25) is 0 Å². The molecule has 0 spiro atoms. The summed E-state index contributed by atoms with van der Waals surface area (Å²) >= 11 is 1.41. The highest BCUT2D eigenvalue weighted by Crippen LogP contribution is 2.38. The molecule has 3 rings (SSSR count). The summed E-state index contributed by atoms with van der Waals surface area (Å²) in [5, 5.41) is 11.0. The predicted octanol–water partition coefficient (Wildman–Crippen LogP) is 4.17. The molecule has 1 fully saturated rings. The van der Waals surface area contributed by atoms with Crippen molar-refractivity contribution in [1.29, 1.82) is 0 Å². The number of hydrogen-bond donors (Lipinski definition) is 1. The van der Waals surface area contributed by atoms with E-state index in [1.165, 1.54) is 23.9 Å². The van der Waals surface area contributed by atoms with E-state index in [-0.39, 0.29) is 18.5 Å². The first kappa shape index (κ1) is 18.7. The molecule has 4 nitrogen and oxygen atoms in total. The third-order valence-corrected chi connectivity index (χ3v) is 5.50. The number of likely N-dealkylation sites (tertiary alicyclic amines) is 1. The van der Waals surface area contributed by atoms with Crippen molar-refractivity contribution in [2.45, 2.75) is 29.9 Å². The van der Waals surface area contributed by atoms with E-state index >= 15 is 0 Å². The Morgan fingerprint density at radius 2 is 1.92 bits per heavy atom. The van der Waals surface area contributed by atoms with Gasteiger partial charge in [0.25, 0.3) is 0 Å². The van der Waals surface area contributed by atoms with E-state index < -0.39 is 5.60 Å². The number of aliphatic hydroxyl groups is 1. The third kappa shape index (κ3) is 4.19. The van der Waals surface area contributed by atoms with Crippen LogP contribution in [-0.2, 0) is 16.9 Å². The fourth-order valence-corrected chi connectivity index (χ4v) is 3.90. The average molecular weight is 375 g/mol. The molecule has 0 atom stereocenters. The van der Waals surface area contributed by atoms with Crippen molar-refractivity contribution in [2.24, 2.45) is 0 Å². The Morgan fingerprint density at radius 1 is 1.23 bits per heavy atom. The second kappa shape index (κ2) is 8.10. The third-order valence-electron chi connectivity index (χ3n) is 4.72. The van der Waals surface area contributed by atoms with Crippen LogP contribution in [0.15, 0.2) is 53.4 Å². The summed E-state index contributed by atoms with van der Waals surface area (Å²) in [5.41, 5.74) is 0.608. The summed E-state index contributed by atoms with van der Waals surface area (Å²) in [6, 6.07) is 14.0. The zero-order chi connectivity index (χ0) is 18.6. The van der Waals surface area contributed by atoms with Crippen molar-refractivity contribution < 1.29 is 19.0 Å².